The van der Waals surface area contributed by atoms with Crippen molar-refractivity contribution < 1.29 is 14.7 Å². The fraction of sp³-hybridized carbons (Fsp3) is 0.818. The lowest BCUT2D eigenvalue weighted by molar-refractivity contribution is -0.143. The average Bonchev–Trinajstić information content (AvgIpc) is 2.81. The highest BCUT2D eigenvalue weighted by molar-refractivity contribution is 5.76. The van der Waals surface area contributed by atoms with Crippen LogP contribution in [-0.2, 0) is 4.79 Å². The van der Waals surface area contributed by atoms with Gasteiger partial charge in [0, 0.05) is 26.2 Å². The predicted molar refractivity (Wildman–Crippen MR) is 58.1 cm³/mol. The molecule has 2 aliphatic rings. The third kappa shape index (κ3) is 2.28. The van der Waals surface area contributed by atoms with Gasteiger partial charge in [0.25, 0.3) is 0 Å². The Labute approximate surface area is 95.0 Å². The van der Waals surface area contributed by atoms with E-state index in [0.717, 1.165) is 32.4 Å². The van der Waals surface area contributed by atoms with Crippen LogP contribution >= 0.6 is 0 Å². The zero-order valence-corrected chi connectivity index (χ0v) is 9.39. The van der Waals surface area contributed by atoms with Crippen LogP contribution in [0.1, 0.15) is 25.7 Å². The van der Waals surface area contributed by atoms with Crippen LogP contribution in [0.3, 0.4) is 0 Å². The highest BCUT2D eigenvalue weighted by atomic mass is 16.4. The first-order valence-corrected chi connectivity index (χ1v) is 5.95. The fourth-order valence-corrected chi connectivity index (χ4v) is 2.46. The molecule has 2 rings (SSSR count). The molecule has 2 fully saturated rings. The molecule has 0 aromatic heterocycles. The van der Waals surface area contributed by atoms with Gasteiger partial charge in [-0.1, -0.05) is 0 Å². The Balaban J connectivity index is 1.93. The molecule has 16 heavy (non-hydrogen) atoms. The molecule has 1 N–H and O–H groups in total. The van der Waals surface area contributed by atoms with Crippen molar-refractivity contribution in [1.29, 1.82) is 0 Å². The number of hydrogen-bond acceptors (Lipinski definition) is 2. The second-order valence-corrected chi connectivity index (χ2v) is 4.60. The molecule has 2 heterocycles. The minimum Gasteiger partial charge on any atom is -0.481 e. The van der Waals surface area contributed by atoms with E-state index in [2.05, 4.69) is 0 Å². The van der Waals surface area contributed by atoms with Gasteiger partial charge in [0.05, 0.1) is 5.92 Å². The number of likely N-dealkylation sites (tertiary alicyclic amines) is 2. The minimum absolute atomic E-state index is 0.0310. The number of carbonyl (C=O) groups is 2. The van der Waals surface area contributed by atoms with E-state index in [4.69, 9.17) is 5.11 Å². The van der Waals surface area contributed by atoms with Gasteiger partial charge >= 0.3 is 12.0 Å². The number of nitrogens with zero attached hydrogens (tertiary/aromatic N) is 2. The number of urea groups is 1. The molecule has 2 aliphatic heterocycles. The third-order valence-corrected chi connectivity index (χ3v) is 3.42. The standard InChI is InChI=1S/C11H18N2O3/c14-10(15)9-4-3-7-13(8-9)11(16)12-5-1-2-6-12/h9H,1-8H2,(H,14,15). The van der Waals surface area contributed by atoms with Crippen LogP contribution in [0.15, 0.2) is 0 Å². The molecule has 0 aromatic rings. The minimum atomic E-state index is -0.779. The Morgan fingerprint density at radius 2 is 1.62 bits per heavy atom. The van der Waals surface area contributed by atoms with Gasteiger partial charge in [-0.25, -0.2) is 4.79 Å². The van der Waals surface area contributed by atoms with Crippen molar-refractivity contribution in [3.63, 3.8) is 0 Å². The molecule has 1 unspecified atom stereocenters. The zero-order valence-electron chi connectivity index (χ0n) is 9.39. The van der Waals surface area contributed by atoms with Gasteiger partial charge in [0.1, 0.15) is 0 Å². The SMILES string of the molecule is O=C(O)C1CCCN(C(=O)N2CCCC2)C1. The predicted octanol–water partition coefficient (Wildman–Crippen LogP) is 0.999. The van der Waals surface area contributed by atoms with Crippen LogP contribution in [0.4, 0.5) is 4.79 Å². The fourth-order valence-electron chi connectivity index (χ4n) is 2.46. The Morgan fingerprint density at radius 1 is 1.00 bits per heavy atom. The van der Waals surface area contributed by atoms with Gasteiger partial charge in [-0.05, 0) is 25.7 Å². The number of amides is 2. The number of piperidine rings is 1. The number of carbonyl (C=O) groups excluding carboxylic acids is 1. The van der Waals surface area contributed by atoms with E-state index in [-0.39, 0.29) is 11.9 Å². The highest BCUT2D eigenvalue weighted by Gasteiger charge is 2.31. The van der Waals surface area contributed by atoms with E-state index < -0.39 is 5.97 Å². The molecule has 0 spiro atoms. The van der Waals surface area contributed by atoms with Crippen molar-refractivity contribution in [1.82, 2.24) is 9.80 Å². The summed E-state index contributed by atoms with van der Waals surface area (Å²) in [5.41, 5.74) is 0. The first-order chi connectivity index (χ1) is 7.68. The lowest BCUT2D eigenvalue weighted by Gasteiger charge is -2.33. The van der Waals surface area contributed by atoms with Crippen molar-refractivity contribution in [2.45, 2.75) is 25.7 Å². The van der Waals surface area contributed by atoms with Crippen molar-refractivity contribution >= 4 is 12.0 Å². The lowest BCUT2D eigenvalue weighted by Crippen LogP contribution is -2.47. The Morgan fingerprint density at radius 3 is 2.25 bits per heavy atom. The highest BCUT2D eigenvalue weighted by Crippen LogP contribution is 2.19. The molecule has 2 amide bonds. The van der Waals surface area contributed by atoms with Gasteiger partial charge in [0.2, 0.25) is 0 Å². The zero-order chi connectivity index (χ0) is 11.5. The molecular formula is C11H18N2O3. The third-order valence-electron chi connectivity index (χ3n) is 3.42. The summed E-state index contributed by atoms with van der Waals surface area (Å²) in [6.07, 6.45) is 3.64. The Kier molecular flexibility index (Phi) is 3.31. The maximum Gasteiger partial charge on any atom is 0.320 e. The summed E-state index contributed by atoms with van der Waals surface area (Å²) in [5.74, 6) is -1.15. The summed E-state index contributed by atoms with van der Waals surface area (Å²) in [6, 6.07) is 0.0310. The Hall–Kier alpha value is -1.26. The van der Waals surface area contributed by atoms with E-state index in [1.54, 1.807) is 4.90 Å². The molecular weight excluding hydrogens is 208 g/mol. The quantitative estimate of drug-likeness (QED) is 0.725. The van der Waals surface area contributed by atoms with Gasteiger partial charge in [-0.2, -0.15) is 0 Å². The van der Waals surface area contributed by atoms with Crippen molar-refractivity contribution in [2.24, 2.45) is 5.92 Å². The normalized spacial score (nSPS) is 25.9. The largest absolute Gasteiger partial charge is 0.481 e. The molecule has 0 aromatic carbocycles. The number of rotatable bonds is 1. The molecule has 90 valence electrons. The van der Waals surface area contributed by atoms with Gasteiger partial charge in [-0.15, -0.1) is 0 Å². The molecule has 0 aliphatic carbocycles. The summed E-state index contributed by atoms with van der Waals surface area (Å²) in [5, 5.41) is 8.95. The second kappa shape index (κ2) is 4.72. The van der Waals surface area contributed by atoms with Crippen molar-refractivity contribution in [3.8, 4) is 0 Å². The van der Waals surface area contributed by atoms with Gasteiger partial charge in [0.15, 0.2) is 0 Å². The Bertz CT molecular complexity index is 287. The summed E-state index contributed by atoms with van der Waals surface area (Å²) >= 11 is 0. The smallest absolute Gasteiger partial charge is 0.320 e. The summed E-state index contributed by atoms with van der Waals surface area (Å²) in [6.45, 7) is 2.74. The molecule has 0 saturated carbocycles. The second-order valence-electron chi connectivity index (χ2n) is 4.60. The van der Waals surface area contributed by atoms with Crippen LogP contribution < -0.4 is 0 Å². The maximum absolute atomic E-state index is 12.0. The molecule has 0 bridgehead atoms. The summed E-state index contributed by atoms with van der Waals surface area (Å²) in [4.78, 5) is 26.5. The van der Waals surface area contributed by atoms with E-state index >= 15 is 0 Å². The average molecular weight is 226 g/mol. The molecule has 5 nitrogen and oxygen atoms in total. The van der Waals surface area contributed by atoms with Gasteiger partial charge in [-0.3, -0.25) is 4.79 Å². The lowest BCUT2D eigenvalue weighted by atomic mass is 9.99. The summed E-state index contributed by atoms with van der Waals surface area (Å²) in [7, 11) is 0. The van der Waals surface area contributed by atoms with E-state index in [1.807, 2.05) is 4.90 Å². The van der Waals surface area contributed by atoms with E-state index in [0.29, 0.717) is 19.5 Å². The first-order valence-electron chi connectivity index (χ1n) is 5.95. The van der Waals surface area contributed by atoms with Crippen LogP contribution in [0.25, 0.3) is 0 Å². The van der Waals surface area contributed by atoms with Crippen LogP contribution in [0, 0.1) is 5.92 Å². The number of hydrogen-bond donors (Lipinski definition) is 1. The first kappa shape index (κ1) is 11.2. The number of aliphatic carboxylic acids is 1. The van der Waals surface area contributed by atoms with Crippen molar-refractivity contribution in [2.75, 3.05) is 26.2 Å². The van der Waals surface area contributed by atoms with Crippen LogP contribution in [0.5, 0.6) is 0 Å². The maximum atomic E-state index is 12.0. The molecule has 2 saturated heterocycles. The van der Waals surface area contributed by atoms with Gasteiger partial charge < -0.3 is 14.9 Å². The number of carboxylic acids is 1. The molecule has 1 atom stereocenters. The number of carboxylic acid groups (broad SMARTS) is 1. The summed E-state index contributed by atoms with van der Waals surface area (Å²) < 4.78 is 0. The van der Waals surface area contributed by atoms with Crippen molar-refractivity contribution in [3.05, 3.63) is 0 Å². The topological polar surface area (TPSA) is 60.9 Å². The van der Waals surface area contributed by atoms with Crippen LogP contribution in [-0.4, -0.2) is 53.1 Å². The monoisotopic (exact) mass is 226 g/mol. The molecule has 5 heteroatoms. The van der Waals surface area contributed by atoms with E-state index in [1.165, 1.54) is 0 Å². The van der Waals surface area contributed by atoms with Crippen LogP contribution in [0.2, 0.25) is 0 Å². The van der Waals surface area contributed by atoms with E-state index in [9.17, 15) is 9.59 Å². The molecule has 0 radical (unpaired) electrons.